The lowest BCUT2D eigenvalue weighted by Crippen LogP contribution is -2.12. The molecule has 2 N–H and O–H groups in total. The number of anilines is 2. The van der Waals surface area contributed by atoms with Gasteiger partial charge in [0.25, 0.3) is 0 Å². The number of halogens is 1. The lowest BCUT2D eigenvalue weighted by molar-refractivity contribution is 0.818. The summed E-state index contributed by atoms with van der Waals surface area (Å²) in [6.07, 6.45) is 0. The summed E-state index contributed by atoms with van der Waals surface area (Å²) in [4.78, 5) is 2.11. The molecule has 0 saturated carbocycles. The van der Waals surface area contributed by atoms with E-state index < -0.39 is 0 Å². The molecule has 2 aromatic rings. The summed E-state index contributed by atoms with van der Waals surface area (Å²) in [6, 6.07) is 12.4. The van der Waals surface area contributed by atoms with Crippen LogP contribution in [0.4, 0.5) is 11.4 Å². The molecule has 1 atom stereocenters. The molecule has 106 valence electrons. The van der Waals surface area contributed by atoms with Crippen LogP contribution in [0.1, 0.15) is 29.7 Å². The van der Waals surface area contributed by atoms with Crippen LogP contribution in [-0.2, 0) is 0 Å². The molecule has 20 heavy (non-hydrogen) atoms. The predicted octanol–water partition coefficient (Wildman–Crippen LogP) is 4.74. The fraction of sp³-hybridized carbons (Fsp3) is 0.294. The minimum atomic E-state index is -0.00651. The monoisotopic (exact) mass is 288 g/mol. The number of nitrogens with two attached hydrogens (primary N) is 1. The molecule has 2 rings (SSSR count). The standard InChI is InChI=1S/C17H21ClN2/c1-11-5-7-16(12(2)9-11)20(4)17-8-6-14(13(3)19)10-15(17)18/h5-10,13H,19H2,1-4H3/t13-/m0/s1. The molecule has 0 aliphatic rings. The van der Waals surface area contributed by atoms with Gasteiger partial charge in [-0.2, -0.15) is 0 Å². The third kappa shape index (κ3) is 2.97. The number of rotatable bonds is 3. The quantitative estimate of drug-likeness (QED) is 0.883. The summed E-state index contributed by atoms with van der Waals surface area (Å²) in [5.74, 6) is 0. The molecule has 0 heterocycles. The summed E-state index contributed by atoms with van der Waals surface area (Å²) >= 11 is 6.40. The van der Waals surface area contributed by atoms with Crippen molar-refractivity contribution in [1.82, 2.24) is 0 Å². The van der Waals surface area contributed by atoms with Crippen molar-refractivity contribution in [3.63, 3.8) is 0 Å². The fourth-order valence-electron chi connectivity index (χ4n) is 2.39. The Labute approximate surface area is 126 Å². The van der Waals surface area contributed by atoms with Crippen molar-refractivity contribution in [3.8, 4) is 0 Å². The predicted molar refractivity (Wildman–Crippen MR) is 88.0 cm³/mol. The second kappa shape index (κ2) is 5.86. The first-order valence-corrected chi connectivity index (χ1v) is 7.14. The van der Waals surface area contributed by atoms with Crippen LogP contribution in [0.5, 0.6) is 0 Å². The minimum Gasteiger partial charge on any atom is -0.343 e. The van der Waals surface area contributed by atoms with Crippen LogP contribution in [-0.4, -0.2) is 7.05 Å². The van der Waals surface area contributed by atoms with Gasteiger partial charge in [-0.1, -0.05) is 35.4 Å². The summed E-state index contributed by atoms with van der Waals surface area (Å²) in [5.41, 5.74) is 11.6. The fourth-order valence-corrected chi connectivity index (χ4v) is 2.71. The summed E-state index contributed by atoms with van der Waals surface area (Å²) in [6.45, 7) is 6.17. The highest BCUT2D eigenvalue weighted by molar-refractivity contribution is 6.33. The highest BCUT2D eigenvalue weighted by Gasteiger charge is 2.12. The molecule has 0 aliphatic heterocycles. The second-order valence-corrected chi connectivity index (χ2v) is 5.76. The molecule has 0 saturated heterocycles. The summed E-state index contributed by atoms with van der Waals surface area (Å²) < 4.78 is 0. The van der Waals surface area contributed by atoms with E-state index in [0.29, 0.717) is 0 Å². The number of benzene rings is 2. The molecular formula is C17H21ClN2. The van der Waals surface area contributed by atoms with Gasteiger partial charge in [-0.15, -0.1) is 0 Å². The third-order valence-electron chi connectivity index (χ3n) is 3.57. The van der Waals surface area contributed by atoms with Crippen molar-refractivity contribution in [2.75, 3.05) is 11.9 Å². The van der Waals surface area contributed by atoms with E-state index in [1.54, 1.807) is 0 Å². The van der Waals surface area contributed by atoms with E-state index >= 15 is 0 Å². The highest BCUT2D eigenvalue weighted by atomic mass is 35.5. The zero-order valence-corrected chi connectivity index (χ0v) is 13.2. The smallest absolute Gasteiger partial charge is 0.0646 e. The van der Waals surface area contributed by atoms with E-state index in [9.17, 15) is 0 Å². The lowest BCUT2D eigenvalue weighted by Gasteiger charge is -2.23. The van der Waals surface area contributed by atoms with Crippen molar-refractivity contribution in [2.24, 2.45) is 5.73 Å². The molecule has 0 amide bonds. The number of hydrogen-bond acceptors (Lipinski definition) is 2. The molecule has 2 nitrogen and oxygen atoms in total. The Morgan fingerprint density at radius 3 is 2.25 bits per heavy atom. The van der Waals surface area contributed by atoms with Crippen molar-refractivity contribution in [1.29, 1.82) is 0 Å². The van der Waals surface area contributed by atoms with Crippen LogP contribution in [0, 0.1) is 13.8 Å². The van der Waals surface area contributed by atoms with Gasteiger partial charge < -0.3 is 10.6 Å². The van der Waals surface area contributed by atoms with E-state index in [0.717, 1.165) is 22.0 Å². The number of nitrogens with zero attached hydrogens (tertiary/aromatic N) is 1. The van der Waals surface area contributed by atoms with Gasteiger partial charge in [0.15, 0.2) is 0 Å². The Hall–Kier alpha value is -1.51. The molecular weight excluding hydrogens is 268 g/mol. The van der Waals surface area contributed by atoms with E-state index in [1.165, 1.54) is 11.1 Å². The summed E-state index contributed by atoms with van der Waals surface area (Å²) in [5, 5.41) is 0.724. The first-order chi connectivity index (χ1) is 9.40. The Morgan fingerprint density at radius 2 is 1.70 bits per heavy atom. The largest absolute Gasteiger partial charge is 0.343 e. The zero-order valence-electron chi connectivity index (χ0n) is 12.4. The van der Waals surface area contributed by atoms with Crippen LogP contribution >= 0.6 is 11.6 Å². The van der Waals surface area contributed by atoms with E-state index in [1.807, 2.05) is 32.2 Å². The van der Waals surface area contributed by atoms with Crippen molar-refractivity contribution < 1.29 is 0 Å². The Kier molecular flexibility index (Phi) is 4.36. The van der Waals surface area contributed by atoms with Gasteiger partial charge in [0.1, 0.15) is 0 Å². The van der Waals surface area contributed by atoms with Crippen molar-refractivity contribution >= 4 is 23.0 Å². The van der Waals surface area contributed by atoms with Crippen LogP contribution in [0.25, 0.3) is 0 Å². The lowest BCUT2D eigenvalue weighted by atomic mass is 10.1. The van der Waals surface area contributed by atoms with E-state index in [2.05, 4.69) is 36.9 Å². The maximum absolute atomic E-state index is 6.40. The Bertz CT molecular complexity index is 620. The molecule has 0 bridgehead atoms. The maximum atomic E-state index is 6.40. The van der Waals surface area contributed by atoms with E-state index in [-0.39, 0.29) is 6.04 Å². The zero-order chi connectivity index (χ0) is 14.9. The highest BCUT2D eigenvalue weighted by Crippen LogP contribution is 2.34. The molecule has 0 aromatic heterocycles. The van der Waals surface area contributed by atoms with Gasteiger partial charge in [0.2, 0.25) is 0 Å². The Morgan fingerprint density at radius 1 is 1.05 bits per heavy atom. The van der Waals surface area contributed by atoms with Crippen molar-refractivity contribution in [3.05, 3.63) is 58.1 Å². The molecule has 0 aliphatic carbocycles. The van der Waals surface area contributed by atoms with E-state index in [4.69, 9.17) is 17.3 Å². The second-order valence-electron chi connectivity index (χ2n) is 5.35. The van der Waals surface area contributed by atoms with Crippen molar-refractivity contribution in [2.45, 2.75) is 26.8 Å². The third-order valence-corrected chi connectivity index (χ3v) is 3.88. The molecule has 0 fully saturated rings. The van der Waals surface area contributed by atoms with Crippen LogP contribution in [0.15, 0.2) is 36.4 Å². The van der Waals surface area contributed by atoms with Gasteiger partial charge in [0, 0.05) is 18.8 Å². The van der Waals surface area contributed by atoms with Gasteiger partial charge in [-0.25, -0.2) is 0 Å². The average Bonchev–Trinajstić information content (AvgIpc) is 2.37. The molecule has 0 unspecified atom stereocenters. The SMILES string of the molecule is Cc1ccc(N(C)c2ccc([C@H](C)N)cc2Cl)c(C)c1. The van der Waals surface area contributed by atoms with Crippen LogP contribution in [0.3, 0.4) is 0 Å². The van der Waals surface area contributed by atoms with Crippen LogP contribution < -0.4 is 10.6 Å². The normalized spacial score (nSPS) is 12.3. The average molecular weight is 289 g/mol. The molecule has 3 heteroatoms. The minimum absolute atomic E-state index is 0.00651. The maximum Gasteiger partial charge on any atom is 0.0646 e. The van der Waals surface area contributed by atoms with Gasteiger partial charge in [-0.05, 0) is 50.1 Å². The first kappa shape index (κ1) is 14.9. The van der Waals surface area contributed by atoms with Gasteiger partial charge in [0.05, 0.1) is 10.7 Å². The van der Waals surface area contributed by atoms with Gasteiger partial charge in [-0.3, -0.25) is 0 Å². The number of hydrogen-bond donors (Lipinski definition) is 1. The van der Waals surface area contributed by atoms with Gasteiger partial charge >= 0.3 is 0 Å². The first-order valence-electron chi connectivity index (χ1n) is 6.76. The Balaban J connectivity index is 2.40. The molecule has 0 spiro atoms. The molecule has 0 radical (unpaired) electrons. The van der Waals surface area contributed by atoms with Crippen LogP contribution in [0.2, 0.25) is 5.02 Å². The molecule has 2 aromatic carbocycles. The topological polar surface area (TPSA) is 29.3 Å². The summed E-state index contributed by atoms with van der Waals surface area (Å²) in [7, 11) is 2.03. The number of aryl methyl sites for hydroxylation is 2.